The molecule has 0 saturated heterocycles. The van der Waals surface area contributed by atoms with Gasteiger partial charge in [-0.2, -0.15) is 0 Å². The Morgan fingerprint density at radius 1 is 0.969 bits per heavy atom. The van der Waals surface area contributed by atoms with Crippen molar-refractivity contribution in [3.63, 3.8) is 0 Å². The van der Waals surface area contributed by atoms with E-state index in [4.69, 9.17) is 0 Å². The Morgan fingerprint density at radius 3 is 2.44 bits per heavy atom. The third-order valence-electron chi connectivity index (χ3n) is 5.12. The number of ketones is 1. The van der Waals surface area contributed by atoms with E-state index in [1.807, 2.05) is 34.9 Å². The van der Waals surface area contributed by atoms with Gasteiger partial charge in [0.15, 0.2) is 5.78 Å². The van der Waals surface area contributed by atoms with Crippen molar-refractivity contribution in [3.05, 3.63) is 110 Å². The average Bonchev–Trinajstić information content (AvgIpc) is 2.80. The van der Waals surface area contributed by atoms with Crippen LogP contribution in [-0.2, 0) is 6.54 Å². The molecule has 2 heterocycles. The van der Waals surface area contributed by atoms with Crippen molar-refractivity contribution in [2.75, 3.05) is 14.1 Å². The molecule has 0 unspecified atom stereocenters. The summed E-state index contributed by atoms with van der Waals surface area (Å²) in [5, 5.41) is 0.453. The van der Waals surface area contributed by atoms with Crippen molar-refractivity contribution in [2.24, 2.45) is 0 Å². The number of nitrogens with zero attached hydrogens (tertiary/aromatic N) is 3. The first-order valence-corrected chi connectivity index (χ1v) is 10.7. The molecule has 0 atom stereocenters. The molecule has 7 heteroatoms. The molecule has 32 heavy (non-hydrogen) atoms. The Balaban J connectivity index is 1.84. The van der Waals surface area contributed by atoms with Gasteiger partial charge >= 0.3 is 0 Å². The Labute approximate surface area is 193 Å². The number of rotatable bonds is 5. The highest BCUT2D eigenvalue weighted by Gasteiger charge is 2.19. The smallest absolute Gasteiger partial charge is 0.253 e. The number of para-hydroxylation sites is 1. The van der Waals surface area contributed by atoms with Crippen LogP contribution in [0.1, 0.15) is 32.0 Å². The lowest BCUT2D eigenvalue weighted by atomic mass is 10.00. The summed E-state index contributed by atoms with van der Waals surface area (Å²) in [4.78, 5) is 44.8. The average molecular weight is 490 g/mol. The number of halogens is 1. The summed E-state index contributed by atoms with van der Waals surface area (Å²) in [7, 11) is 3.30. The van der Waals surface area contributed by atoms with Gasteiger partial charge in [0.05, 0.1) is 23.3 Å². The molecule has 0 radical (unpaired) electrons. The second-order valence-corrected chi connectivity index (χ2v) is 8.39. The molecule has 2 aromatic heterocycles. The number of hydrogen-bond acceptors (Lipinski definition) is 4. The van der Waals surface area contributed by atoms with Crippen LogP contribution in [0.5, 0.6) is 0 Å². The molecule has 2 aromatic carbocycles. The minimum Gasteiger partial charge on any atom is -0.345 e. The summed E-state index contributed by atoms with van der Waals surface area (Å²) >= 11 is 3.38. The lowest BCUT2D eigenvalue weighted by molar-refractivity contribution is 0.0827. The summed E-state index contributed by atoms with van der Waals surface area (Å²) in [6.45, 7) is 0.389. The van der Waals surface area contributed by atoms with Gasteiger partial charge in [-0.15, -0.1) is 0 Å². The maximum Gasteiger partial charge on any atom is 0.253 e. The minimum atomic E-state index is -0.426. The number of hydrogen-bond donors (Lipinski definition) is 0. The van der Waals surface area contributed by atoms with Gasteiger partial charge in [-0.25, -0.2) is 4.98 Å². The molecule has 0 aliphatic rings. The number of benzene rings is 2. The Morgan fingerprint density at radius 2 is 1.69 bits per heavy atom. The number of carbonyl (C=O) groups excluding carboxylic acids is 2. The van der Waals surface area contributed by atoms with Gasteiger partial charge in [-0.3, -0.25) is 14.4 Å². The molecule has 0 bridgehead atoms. The van der Waals surface area contributed by atoms with Crippen molar-refractivity contribution in [3.8, 4) is 0 Å². The molecule has 160 valence electrons. The van der Waals surface area contributed by atoms with Crippen LogP contribution >= 0.6 is 15.9 Å². The summed E-state index contributed by atoms with van der Waals surface area (Å²) in [5.41, 5.74) is 1.89. The topological polar surface area (TPSA) is 72.3 Å². The number of carbonyl (C=O) groups is 2. The van der Waals surface area contributed by atoms with E-state index in [0.29, 0.717) is 27.6 Å². The third-order valence-corrected chi connectivity index (χ3v) is 5.56. The van der Waals surface area contributed by atoms with Crippen molar-refractivity contribution in [1.82, 2.24) is 14.5 Å². The van der Waals surface area contributed by atoms with E-state index in [-0.39, 0.29) is 22.5 Å². The Hall–Kier alpha value is -3.58. The fourth-order valence-corrected chi connectivity index (χ4v) is 3.94. The molecular formula is C25H20BrN3O3. The largest absolute Gasteiger partial charge is 0.345 e. The van der Waals surface area contributed by atoms with Crippen LogP contribution in [0.15, 0.2) is 82.3 Å². The molecule has 0 aliphatic heterocycles. The van der Waals surface area contributed by atoms with E-state index < -0.39 is 5.78 Å². The van der Waals surface area contributed by atoms with E-state index >= 15 is 0 Å². The standard InChI is InChI=1S/C25H20BrN3O3/c1-28(2)25(32)17-8-5-7-16(13-17)23(30)20-15-29(14-18-9-6-12-22(26)27-18)21-11-4-3-10-19(21)24(20)31/h3-13,15H,14H2,1-2H3. The predicted molar refractivity (Wildman–Crippen MR) is 127 cm³/mol. The number of amides is 1. The van der Waals surface area contributed by atoms with Crippen LogP contribution in [0.4, 0.5) is 0 Å². The van der Waals surface area contributed by atoms with Crippen molar-refractivity contribution >= 4 is 38.5 Å². The molecule has 4 aromatic rings. The van der Waals surface area contributed by atoms with E-state index in [9.17, 15) is 14.4 Å². The molecule has 1 amide bonds. The normalized spacial score (nSPS) is 10.8. The highest BCUT2D eigenvalue weighted by atomic mass is 79.9. The molecule has 0 aliphatic carbocycles. The quantitative estimate of drug-likeness (QED) is 0.312. The van der Waals surface area contributed by atoms with E-state index in [1.54, 1.807) is 50.6 Å². The molecule has 0 saturated carbocycles. The first-order chi connectivity index (χ1) is 15.3. The van der Waals surface area contributed by atoms with Gasteiger partial charge in [0.2, 0.25) is 5.43 Å². The summed E-state index contributed by atoms with van der Waals surface area (Å²) in [6, 6.07) is 19.2. The van der Waals surface area contributed by atoms with Gasteiger partial charge in [-0.05, 0) is 52.3 Å². The molecule has 0 fully saturated rings. The molecular weight excluding hydrogens is 470 g/mol. The Bertz CT molecular complexity index is 1410. The summed E-state index contributed by atoms with van der Waals surface area (Å²) in [6.07, 6.45) is 1.58. The van der Waals surface area contributed by atoms with Crippen LogP contribution in [0.25, 0.3) is 10.9 Å². The van der Waals surface area contributed by atoms with Crippen LogP contribution < -0.4 is 5.43 Å². The van der Waals surface area contributed by atoms with Gasteiger partial charge in [0.25, 0.3) is 5.91 Å². The maximum atomic E-state index is 13.4. The predicted octanol–water partition coefficient (Wildman–Crippen LogP) is 4.14. The highest BCUT2D eigenvalue weighted by molar-refractivity contribution is 9.10. The van der Waals surface area contributed by atoms with Crippen LogP contribution in [0, 0.1) is 0 Å². The molecule has 0 N–H and O–H groups in total. The lowest BCUT2D eigenvalue weighted by Gasteiger charge is -2.14. The minimum absolute atomic E-state index is 0.0492. The Kier molecular flexibility index (Phi) is 6.01. The highest BCUT2D eigenvalue weighted by Crippen LogP contribution is 2.17. The fourth-order valence-electron chi connectivity index (χ4n) is 3.56. The van der Waals surface area contributed by atoms with Crippen LogP contribution in [-0.4, -0.2) is 40.2 Å². The van der Waals surface area contributed by atoms with Crippen molar-refractivity contribution in [2.45, 2.75) is 6.54 Å². The number of aromatic nitrogens is 2. The summed E-state index contributed by atoms with van der Waals surface area (Å²) < 4.78 is 2.56. The second-order valence-electron chi connectivity index (χ2n) is 7.58. The van der Waals surface area contributed by atoms with Gasteiger partial charge in [0.1, 0.15) is 4.60 Å². The van der Waals surface area contributed by atoms with Crippen LogP contribution in [0.2, 0.25) is 0 Å². The zero-order chi connectivity index (χ0) is 22.8. The first kappa shape index (κ1) is 21.6. The van der Waals surface area contributed by atoms with E-state index in [2.05, 4.69) is 20.9 Å². The number of fused-ring (bicyclic) bond motifs is 1. The molecule has 6 nitrogen and oxygen atoms in total. The zero-order valence-electron chi connectivity index (χ0n) is 17.6. The molecule has 0 spiro atoms. The lowest BCUT2D eigenvalue weighted by Crippen LogP contribution is -2.23. The molecule has 4 rings (SSSR count). The van der Waals surface area contributed by atoms with Gasteiger partial charge < -0.3 is 9.47 Å². The van der Waals surface area contributed by atoms with Crippen molar-refractivity contribution < 1.29 is 9.59 Å². The zero-order valence-corrected chi connectivity index (χ0v) is 19.2. The van der Waals surface area contributed by atoms with Gasteiger partial charge in [0, 0.05) is 36.8 Å². The van der Waals surface area contributed by atoms with Crippen molar-refractivity contribution in [1.29, 1.82) is 0 Å². The number of pyridine rings is 2. The van der Waals surface area contributed by atoms with E-state index in [0.717, 1.165) is 5.69 Å². The monoisotopic (exact) mass is 489 g/mol. The second kappa shape index (κ2) is 8.88. The maximum absolute atomic E-state index is 13.4. The third kappa shape index (κ3) is 4.24. The SMILES string of the molecule is CN(C)C(=O)c1cccc(C(=O)c2cn(Cc3cccc(Br)n3)c3ccccc3c2=O)c1. The van der Waals surface area contributed by atoms with Crippen LogP contribution in [0.3, 0.4) is 0 Å². The fraction of sp³-hybridized carbons (Fsp3) is 0.120. The van der Waals surface area contributed by atoms with E-state index in [1.165, 1.54) is 11.0 Å². The first-order valence-electron chi connectivity index (χ1n) is 9.95. The summed E-state index contributed by atoms with van der Waals surface area (Å²) in [5.74, 6) is -0.638. The van der Waals surface area contributed by atoms with Gasteiger partial charge in [-0.1, -0.05) is 30.3 Å².